The van der Waals surface area contributed by atoms with Crippen LogP contribution in [0, 0.1) is 0 Å². The highest BCUT2D eigenvalue weighted by Crippen LogP contribution is 2.31. The molecule has 0 nitrogen and oxygen atoms in total. The molecule has 1 heterocycles. The van der Waals surface area contributed by atoms with E-state index < -0.39 is 0 Å². The second-order valence-electron chi connectivity index (χ2n) is 4.12. The van der Waals surface area contributed by atoms with Crippen LogP contribution in [0.5, 0.6) is 0 Å². The fourth-order valence-electron chi connectivity index (χ4n) is 2.24. The maximum absolute atomic E-state index is 4.14. The van der Waals surface area contributed by atoms with Crippen molar-refractivity contribution in [2.45, 2.75) is 13.8 Å². The summed E-state index contributed by atoms with van der Waals surface area (Å²) in [6, 6.07) is 10.6. The molecule has 0 bridgehead atoms. The molecule has 0 atom stereocenters. The molecule has 0 saturated carbocycles. The van der Waals surface area contributed by atoms with E-state index in [0.717, 1.165) is 9.01 Å². The van der Waals surface area contributed by atoms with Crippen LogP contribution in [-0.2, 0) is 0 Å². The van der Waals surface area contributed by atoms with Crippen molar-refractivity contribution in [3.05, 3.63) is 57.2 Å². The Hall–Kier alpha value is -1.38. The molecule has 1 aromatic heterocycles. The molecular weight excluding hydrogens is 328 g/mol. The summed E-state index contributed by atoms with van der Waals surface area (Å²) in [5, 5.41) is 4.95. The highest BCUT2D eigenvalue weighted by Gasteiger charge is 2.07. The van der Waals surface area contributed by atoms with Gasteiger partial charge in [-0.25, -0.2) is 0 Å². The number of rotatable bonds is 1. The van der Waals surface area contributed by atoms with E-state index in [-0.39, 0.29) is 0 Å². The second kappa shape index (κ2) is 6.38. The third kappa shape index (κ3) is 2.46. The van der Waals surface area contributed by atoms with Crippen molar-refractivity contribution in [3.8, 4) is 0 Å². The first-order valence-electron chi connectivity index (χ1n) is 6.64. The number of fused-ring (bicyclic) bond motifs is 3. The van der Waals surface area contributed by atoms with Crippen LogP contribution in [0.3, 0.4) is 0 Å². The molecule has 0 saturated heterocycles. The van der Waals surface area contributed by atoms with Gasteiger partial charge < -0.3 is 0 Å². The normalized spacial score (nSPS) is 11.4. The molecule has 0 aliphatic carbocycles. The first-order valence-corrected chi connectivity index (χ1v) is 8.25. The van der Waals surface area contributed by atoms with Gasteiger partial charge >= 0.3 is 0 Å². The van der Waals surface area contributed by atoms with Crippen molar-refractivity contribution < 1.29 is 0 Å². The Morgan fingerprint density at radius 3 is 2.40 bits per heavy atom. The van der Waals surface area contributed by atoms with Gasteiger partial charge in [-0.1, -0.05) is 79.4 Å². The lowest BCUT2D eigenvalue weighted by Crippen LogP contribution is -2.15. The predicted octanol–water partition coefficient (Wildman–Crippen LogP) is 5.22. The molecule has 0 spiro atoms. The minimum absolute atomic E-state index is 1.09. The van der Waals surface area contributed by atoms with Crippen LogP contribution in [0.15, 0.2) is 47.5 Å². The Bertz CT molecular complexity index is 872. The van der Waals surface area contributed by atoms with Gasteiger partial charge in [-0.05, 0) is 16.7 Å². The van der Waals surface area contributed by atoms with Gasteiger partial charge in [-0.15, -0.1) is 11.3 Å². The summed E-state index contributed by atoms with van der Waals surface area (Å²) in [6.07, 6.45) is 3.85. The van der Waals surface area contributed by atoms with Gasteiger partial charge in [0.25, 0.3) is 0 Å². The Kier molecular flexibility index (Phi) is 4.79. The molecular formula is C18H17BrS. The SMILES string of the molecule is C=C/C=c1\c(=C)sc2c1cc(Br)c1ccccc12.CC. The molecule has 0 radical (unpaired) electrons. The first-order chi connectivity index (χ1) is 9.72. The number of benzene rings is 2. The average Bonchev–Trinajstić information content (AvgIpc) is 2.79. The van der Waals surface area contributed by atoms with Gasteiger partial charge in [0.05, 0.1) is 0 Å². The second-order valence-corrected chi connectivity index (χ2v) is 6.08. The first kappa shape index (κ1) is 15.0. The van der Waals surface area contributed by atoms with Crippen LogP contribution in [0.25, 0.3) is 33.5 Å². The molecule has 20 heavy (non-hydrogen) atoms. The molecule has 3 rings (SSSR count). The molecule has 3 aromatic rings. The zero-order chi connectivity index (χ0) is 14.7. The quantitative estimate of drug-likeness (QED) is 0.567. The fourth-order valence-corrected chi connectivity index (χ4v) is 3.92. The van der Waals surface area contributed by atoms with Crippen molar-refractivity contribution in [1.82, 2.24) is 0 Å². The van der Waals surface area contributed by atoms with Gasteiger partial charge in [0.1, 0.15) is 0 Å². The molecule has 0 unspecified atom stereocenters. The number of hydrogen-bond donors (Lipinski definition) is 0. The van der Waals surface area contributed by atoms with E-state index in [1.165, 1.54) is 26.1 Å². The Balaban J connectivity index is 0.000000704. The third-order valence-corrected chi connectivity index (χ3v) is 4.81. The monoisotopic (exact) mass is 344 g/mol. The van der Waals surface area contributed by atoms with Crippen LogP contribution in [0.2, 0.25) is 0 Å². The van der Waals surface area contributed by atoms with E-state index >= 15 is 0 Å². The van der Waals surface area contributed by atoms with Crippen LogP contribution in [0.1, 0.15) is 13.8 Å². The number of halogens is 1. The molecule has 2 heteroatoms. The Labute approximate surface area is 131 Å². The van der Waals surface area contributed by atoms with Gasteiger partial charge in [-0.3, -0.25) is 0 Å². The Morgan fingerprint density at radius 2 is 1.75 bits per heavy atom. The van der Waals surface area contributed by atoms with E-state index in [1.807, 2.05) is 26.0 Å². The summed E-state index contributed by atoms with van der Waals surface area (Å²) in [4.78, 5) is 0. The largest absolute Gasteiger partial charge is 0.135 e. The van der Waals surface area contributed by atoms with E-state index in [0.29, 0.717) is 0 Å². The fraction of sp³-hybridized carbons (Fsp3) is 0.111. The number of thiophene rings is 1. The van der Waals surface area contributed by atoms with Gasteiger partial charge in [0.15, 0.2) is 0 Å². The summed E-state index contributed by atoms with van der Waals surface area (Å²) < 4.78 is 3.52. The maximum Gasteiger partial charge on any atom is 0.0434 e. The lowest BCUT2D eigenvalue weighted by Gasteiger charge is -2.02. The van der Waals surface area contributed by atoms with Gasteiger partial charge in [0.2, 0.25) is 0 Å². The highest BCUT2D eigenvalue weighted by atomic mass is 79.9. The summed E-state index contributed by atoms with van der Waals surface area (Å²) in [7, 11) is 0. The van der Waals surface area contributed by atoms with Crippen LogP contribution in [-0.4, -0.2) is 0 Å². The molecule has 0 N–H and O–H groups in total. The van der Waals surface area contributed by atoms with Crippen molar-refractivity contribution in [1.29, 1.82) is 0 Å². The van der Waals surface area contributed by atoms with Gasteiger partial charge in [0, 0.05) is 24.5 Å². The standard InChI is InChI=1S/C16H11BrS.C2H6/c1-3-6-11-10(2)18-16-13-8-5-4-7-12(13)15(17)9-14(11)16;1-2/h3-9H,1-2H2;1-2H3/b11-6+;. The summed E-state index contributed by atoms with van der Waals surface area (Å²) in [5.74, 6) is 0. The molecule has 0 amide bonds. The lowest BCUT2D eigenvalue weighted by atomic mass is 10.1. The summed E-state index contributed by atoms with van der Waals surface area (Å²) in [5.41, 5.74) is 0. The third-order valence-electron chi connectivity index (χ3n) is 3.05. The topological polar surface area (TPSA) is 0 Å². The molecule has 0 fully saturated rings. The highest BCUT2D eigenvalue weighted by molar-refractivity contribution is 9.10. The number of allylic oxidation sites excluding steroid dienone is 1. The van der Waals surface area contributed by atoms with Crippen molar-refractivity contribution >= 4 is 60.8 Å². The van der Waals surface area contributed by atoms with Crippen LogP contribution in [0.4, 0.5) is 0 Å². The molecule has 0 aliphatic rings. The van der Waals surface area contributed by atoms with E-state index in [1.54, 1.807) is 11.3 Å². The van der Waals surface area contributed by atoms with Gasteiger partial charge in [-0.2, -0.15) is 0 Å². The molecule has 102 valence electrons. The van der Waals surface area contributed by atoms with E-state index in [9.17, 15) is 0 Å². The minimum Gasteiger partial charge on any atom is -0.135 e. The van der Waals surface area contributed by atoms with Crippen molar-refractivity contribution in [2.75, 3.05) is 0 Å². The van der Waals surface area contributed by atoms with Crippen molar-refractivity contribution in [3.63, 3.8) is 0 Å². The minimum atomic E-state index is 1.09. The van der Waals surface area contributed by atoms with Crippen LogP contribution >= 0.6 is 27.3 Å². The number of hydrogen-bond acceptors (Lipinski definition) is 1. The zero-order valence-electron chi connectivity index (χ0n) is 11.7. The smallest absolute Gasteiger partial charge is 0.0434 e. The summed E-state index contributed by atoms with van der Waals surface area (Å²) in [6.45, 7) is 11.9. The predicted molar refractivity (Wildman–Crippen MR) is 97.8 cm³/mol. The Morgan fingerprint density at radius 1 is 1.10 bits per heavy atom. The maximum atomic E-state index is 4.14. The lowest BCUT2D eigenvalue weighted by molar-refractivity contribution is 1.50. The summed E-state index contributed by atoms with van der Waals surface area (Å²) >= 11 is 5.40. The molecule has 0 aliphatic heterocycles. The van der Waals surface area contributed by atoms with Crippen LogP contribution < -0.4 is 9.75 Å². The molecule has 2 aromatic carbocycles. The average molecular weight is 345 g/mol. The van der Waals surface area contributed by atoms with Crippen molar-refractivity contribution in [2.24, 2.45) is 0 Å². The zero-order valence-corrected chi connectivity index (χ0v) is 14.1. The van der Waals surface area contributed by atoms with E-state index in [2.05, 4.69) is 59.4 Å². The van der Waals surface area contributed by atoms with E-state index in [4.69, 9.17) is 0 Å².